The molecule has 3 nitrogen and oxygen atoms in total. The van der Waals surface area contributed by atoms with E-state index < -0.39 is 0 Å². The molecule has 0 atom stereocenters. The highest BCUT2D eigenvalue weighted by atomic mass is 14.9. The second kappa shape index (κ2) is 14.1. The Bertz CT molecular complexity index is 3240. The van der Waals surface area contributed by atoms with Gasteiger partial charge >= 0.3 is 0 Å². The molecule has 9 aromatic carbocycles. The number of rotatable bonds is 6. The lowest BCUT2D eigenvalue weighted by Crippen LogP contribution is -1.97. The number of benzene rings is 9. The molecule has 270 valence electrons. The van der Waals surface area contributed by atoms with Crippen LogP contribution in [0.3, 0.4) is 0 Å². The average Bonchev–Trinajstić information content (AvgIpc) is 3.31. The molecule has 58 heavy (non-hydrogen) atoms. The van der Waals surface area contributed by atoms with Gasteiger partial charge in [-0.15, -0.1) is 0 Å². The van der Waals surface area contributed by atoms with Gasteiger partial charge in [-0.05, 0) is 62.5 Å². The quantitative estimate of drug-likeness (QED) is 0.160. The zero-order valence-corrected chi connectivity index (χ0v) is 31.5. The van der Waals surface area contributed by atoms with Crippen molar-refractivity contribution in [2.24, 2.45) is 0 Å². The van der Waals surface area contributed by atoms with Crippen molar-refractivity contribution in [2.75, 3.05) is 0 Å². The van der Waals surface area contributed by atoms with E-state index in [1.54, 1.807) is 0 Å². The predicted octanol–water partition coefficient (Wildman–Crippen LogP) is 14.5. The Hall–Kier alpha value is -7.75. The molecule has 0 fully saturated rings. The van der Waals surface area contributed by atoms with Crippen LogP contribution in [0.15, 0.2) is 212 Å². The van der Waals surface area contributed by atoms with Crippen molar-refractivity contribution in [1.29, 1.82) is 0 Å². The van der Waals surface area contributed by atoms with E-state index in [1.165, 1.54) is 32.7 Å². The number of fused-ring (bicyclic) bond motifs is 5. The minimum absolute atomic E-state index is 0.691. The highest BCUT2D eigenvalue weighted by Gasteiger charge is 2.18. The van der Waals surface area contributed by atoms with Gasteiger partial charge in [0.2, 0.25) is 0 Å². The largest absolute Gasteiger partial charge is 0.246 e. The van der Waals surface area contributed by atoms with Crippen molar-refractivity contribution in [3.8, 4) is 67.4 Å². The monoisotopic (exact) mass is 737 g/mol. The Morgan fingerprint density at radius 3 is 1.50 bits per heavy atom. The molecular formula is C55H35N3. The van der Waals surface area contributed by atoms with Gasteiger partial charge in [0.15, 0.2) is 5.82 Å². The van der Waals surface area contributed by atoms with Crippen LogP contribution in [0.1, 0.15) is 0 Å². The molecule has 0 amide bonds. The van der Waals surface area contributed by atoms with Crippen LogP contribution in [0.5, 0.6) is 0 Å². The van der Waals surface area contributed by atoms with E-state index >= 15 is 0 Å². The molecule has 0 aliphatic rings. The van der Waals surface area contributed by atoms with Gasteiger partial charge in [-0.3, -0.25) is 0 Å². The summed E-state index contributed by atoms with van der Waals surface area (Å²) in [4.78, 5) is 16.0. The van der Waals surface area contributed by atoms with Gasteiger partial charge in [0, 0.05) is 44.0 Å². The van der Waals surface area contributed by atoms with Crippen LogP contribution < -0.4 is 0 Å². The van der Waals surface area contributed by atoms with Crippen molar-refractivity contribution >= 4 is 43.2 Å². The van der Waals surface area contributed by atoms with Crippen LogP contribution >= 0.6 is 0 Å². The standard InChI is InChI=1S/C55H35N3/c1-3-16-38(17-4-1)46-24-12-26-48-52(46)49-27-13-25-47(54(49)58-53(48)39-18-5-2-6-19-39)42-22-11-23-43(34-42)50-35-51(44-30-28-36-14-7-9-20-40(36)32-44)57-55(56-50)45-31-29-37-15-8-10-21-41(37)33-45/h1-35H. The SMILES string of the molecule is c1ccc(-c2nc3c(-c4cccc(-c5cc(-c6ccc7ccccc7c6)nc(-c6ccc7ccccc7c6)n5)c4)cccc3c3c(-c4ccccc4)cccc23)cc1. The molecule has 0 unspecified atom stereocenters. The van der Waals surface area contributed by atoms with E-state index in [1.807, 2.05) is 0 Å². The molecule has 11 aromatic rings. The lowest BCUT2D eigenvalue weighted by atomic mass is 9.91. The third kappa shape index (κ3) is 5.98. The van der Waals surface area contributed by atoms with Crippen LogP contribution in [0.2, 0.25) is 0 Å². The summed E-state index contributed by atoms with van der Waals surface area (Å²) in [5, 5.41) is 8.18. The maximum Gasteiger partial charge on any atom is 0.160 e. The molecule has 0 saturated carbocycles. The van der Waals surface area contributed by atoms with Crippen LogP contribution in [-0.2, 0) is 0 Å². The van der Waals surface area contributed by atoms with Crippen molar-refractivity contribution < 1.29 is 0 Å². The van der Waals surface area contributed by atoms with Gasteiger partial charge in [-0.1, -0.05) is 188 Å². The fraction of sp³-hybridized carbons (Fsp3) is 0. The second-order valence-corrected chi connectivity index (χ2v) is 14.8. The molecule has 0 spiro atoms. The Labute approximate surface area is 336 Å². The van der Waals surface area contributed by atoms with Gasteiger partial charge in [0.05, 0.1) is 22.6 Å². The number of para-hydroxylation sites is 1. The van der Waals surface area contributed by atoms with E-state index in [2.05, 4.69) is 212 Å². The van der Waals surface area contributed by atoms with Crippen molar-refractivity contribution in [1.82, 2.24) is 15.0 Å². The summed E-state index contributed by atoms with van der Waals surface area (Å²) >= 11 is 0. The Balaban J connectivity index is 1.12. The fourth-order valence-corrected chi connectivity index (χ4v) is 8.38. The highest BCUT2D eigenvalue weighted by Crippen LogP contribution is 2.42. The van der Waals surface area contributed by atoms with Crippen molar-refractivity contribution in [3.63, 3.8) is 0 Å². The van der Waals surface area contributed by atoms with Crippen LogP contribution in [0.4, 0.5) is 0 Å². The van der Waals surface area contributed by atoms with E-state index in [4.69, 9.17) is 15.0 Å². The number of hydrogen-bond donors (Lipinski definition) is 0. The Morgan fingerprint density at radius 1 is 0.276 bits per heavy atom. The summed E-state index contributed by atoms with van der Waals surface area (Å²) in [5.74, 6) is 0.691. The lowest BCUT2D eigenvalue weighted by Gasteiger charge is -2.16. The minimum Gasteiger partial charge on any atom is -0.246 e. The first-order valence-corrected chi connectivity index (χ1v) is 19.7. The smallest absolute Gasteiger partial charge is 0.160 e. The molecule has 0 aliphatic carbocycles. The lowest BCUT2D eigenvalue weighted by molar-refractivity contribution is 1.18. The third-order valence-electron chi connectivity index (χ3n) is 11.2. The number of aromatic nitrogens is 3. The van der Waals surface area contributed by atoms with Crippen molar-refractivity contribution in [3.05, 3.63) is 212 Å². The van der Waals surface area contributed by atoms with E-state index in [0.717, 1.165) is 72.1 Å². The number of hydrogen-bond acceptors (Lipinski definition) is 3. The summed E-state index contributed by atoms with van der Waals surface area (Å²) < 4.78 is 0. The summed E-state index contributed by atoms with van der Waals surface area (Å²) in [7, 11) is 0. The number of pyridine rings is 1. The fourth-order valence-electron chi connectivity index (χ4n) is 8.38. The van der Waals surface area contributed by atoms with E-state index in [9.17, 15) is 0 Å². The predicted molar refractivity (Wildman–Crippen MR) is 242 cm³/mol. The average molecular weight is 738 g/mol. The Morgan fingerprint density at radius 2 is 0.793 bits per heavy atom. The molecule has 3 heteroatoms. The summed E-state index contributed by atoms with van der Waals surface area (Å²) in [5.41, 5.74) is 12.3. The maximum atomic E-state index is 5.52. The molecule has 0 N–H and O–H groups in total. The number of nitrogens with zero attached hydrogens (tertiary/aromatic N) is 3. The van der Waals surface area contributed by atoms with E-state index in [-0.39, 0.29) is 0 Å². The van der Waals surface area contributed by atoms with Gasteiger partial charge in [-0.2, -0.15) is 0 Å². The molecule has 0 radical (unpaired) electrons. The topological polar surface area (TPSA) is 38.7 Å². The second-order valence-electron chi connectivity index (χ2n) is 14.8. The highest BCUT2D eigenvalue weighted by molar-refractivity contribution is 6.19. The normalized spacial score (nSPS) is 11.4. The van der Waals surface area contributed by atoms with Gasteiger partial charge in [0.25, 0.3) is 0 Å². The summed E-state index contributed by atoms with van der Waals surface area (Å²) in [6.45, 7) is 0. The van der Waals surface area contributed by atoms with E-state index in [0.29, 0.717) is 5.82 Å². The van der Waals surface area contributed by atoms with Gasteiger partial charge in [-0.25, -0.2) is 15.0 Å². The van der Waals surface area contributed by atoms with Gasteiger partial charge in [0.1, 0.15) is 0 Å². The van der Waals surface area contributed by atoms with Crippen molar-refractivity contribution in [2.45, 2.75) is 0 Å². The maximum absolute atomic E-state index is 5.52. The molecule has 2 heterocycles. The molecular weight excluding hydrogens is 703 g/mol. The zero-order chi connectivity index (χ0) is 38.4. The summed E-state index contributed by atoms with van der Waals surface area (Å²) in [6, 6.07) is 75.1. The molecule has 0 bridgehead atoms. The van der Waals surface area contributed by atoms with Crippen LogP contribution in [0.25, 0.3) is 111 Å². The molecule has 0 aliphatic heterocycles. The summed E-state index contributed by atoms with van der Waals surface area (Å²) in [6.07, 6.45) is 0. The molecule has 2 aromatic heterocycles. The van der Waals surface area contributed by atoms with Gasteiger partial charge < -0.3 is 0 Å². The minimum atomic E-state index is 0.691. The zero-order valence-electron chi connectivity index (χ0n) is 31.5. The third-order valence-corrected chi connectivity index (χ3v) is 11.2. The first kappa shape index (κ1) is 33.6. The first-order valence-electron chi connectivity index (χ1n) is 19.7. The molecule has 0 saturated heterocycles. The van der Waals surface area contributed by atoms with Crippen LogP contribution in [-0.4, -0.2) is 15.0 Å². The first-order chi connectivity index (χ1) is 28.7. The Kier molecular flexibility index (Phi) is 8.15. The molecule has 11 rings (SSSR count). The van der Waals surface area contributed by atoms with Crippen LogP contribution in [0, 0.1) is 0 Å².